The van der Waals surface area contributed by atoms with Gasteiger partial charge in [-0.05, 0) is 13.8 Å². The molecule has 0 saturated heterocycles. The second-order valence-electron chi connectivity index (χ2n) is 3.59. The third kappa shape index (κ3) is 4.30. The molecule has 0 aromatic carbocycles. The number of nitrogens with one attached hydrogen (secondary N) is 2. The van der Waals surface area contributed by atoms with Crippen molar-refractivity contribution in [2.75, 3.05) is 35.2 Å². The predicted octanol–water partition coefficient (Wildman–Crippen LogP) is 1.40. The SMILES string of the molecule is CCNc1ncnc(NCCS(=O)CC)c1C. The summed E-state index contributed by atoms with van der Waals surface area (Å²) in [5.41, 5.74) is 0.997. The molecular weight excluding hydrogens is 236 g/mol. The van der Waals surface area contributed by atoms with E-state index in [4.69, 9.17) is 0 Å². The Balaban J connectivity index is 2.59. The minimum absolute atomic E-state index is 0.649. The molecule has 0 aliphatic rings. The smallest absolute Gasteiger partial charge is 0.134 e. The zero-order valence-electron chi connectivity index (χ0n) is 10.6. The highest BCUT2D eigenvalue weighted by molar-refractivity contribution is 7.84. The summed E-state index contributed by atoms with van der Waals surface area (Å²) >= 11 is 0. The summed E-state index contributed by atoms with van der Waals surface area (Å²) in [6, 6.07) is 0. The van der Waals surface area contributed by atoms with Crippen LogP contribution in [0.25, 0.3) is 0 Å². The summed E-state index contributed by atoms with van der Waals surface area (Å²) in [5, 5.41) is 6.37. The maximum Gasteiger partial charge on any atom is 0.134 e. The van der Waals surface area contributed by atoms with Crippen LogP contribution in [0.4, 0.5) is 11.6 Å². The Labute approximate surface area is 105 Å². The van der Waals surface area contributed by atoms with Crippen LogP contribution in [0.1, 0.15) is 19.4 Å². The minimum atomic E-state index is -0.738. The highest BCUT2D eigenvalue weighted by Gasteiger charge is 2.05. The maximum atomic E-state index is 11.3. The van der Waals surface area contributed by atoms with Gasteiger partial charge in [0.15, 0.2) is 0 Å². The molecule has 1 atom stereocenters. The Morgan fingerprint density at radius 2 is 1.88 bits per heavy atom. The fourth-order valence-electron chi connectivity index (χ4n) is 1.40. The van der Waals surface area contributed by atoms with Gasteiger partial charge < -0.3 is 10.6 Å². The van der Waals surface area contributed by atoms with E-state index in [9.17, 15) is 4.21 Å². The predicted molar refractivity (Wildman–Crippen MR) is 73.0 cm³/mol. The lowest BCUT2D eigenvalue weighted by atomic mass is 10.3. The lowest BCUT2D eigenvalue weighted by Gasteiger charge is -2.11. The van der Waals surface area contributed by atoms with E-state index in [0.29, 0.717) is 18.1 Å². The Morgan fingerprint density at radius 1 is 1.24 bits per heavy atom. The molecule has 1 rings (SSSR count). The number of nitrogens with zero attached hydrogens (tertiary/aromatic N) is 2. The normalized spacial score (nSPS) is 12.2. The van der Waals surface area contributed by atoms with E-state index >= 15 is 0 Å². The second-order valence-corrected chi connectivity index (χ2v) is 5.45. The van der Waals surface area contributed by atoms with Crippen LogP contribution < -0.4 is 10.6 Å². The van der Waals surface area contributed by atoms with E-state index in [1.807, 2.05) is 20.8 Å². The molecule has 1 aromatic heterocycles. The largest absolute Gasteiger partial charge is 0.370 e. The molecular formula is C11H20N4OS. The molecule has 6 heteroatoms. The summed E-state index contributed by atoms with van der Waals surface area (Å²) < 4.78 is 11.3. The molecule has 0 spiro atoms. The monoisotopic (exact) mass is 256 g/mol. The van der Waals surface area contributed by atoms with Gasteiger partial charge in [0.25, 0.3) is 0 Å². The molecule has 0 saturated carbocycles. The zero-order valence-corrected chi connectivity index (χ0v) is 11.4. The maximum absolute atomic E-state index is 11.3. The van der Waals surface area contributed by atoms with Crippen LogP contribution in [0.3, 0.4) is 0 Å². The van der Waals surface area contributed by atoms with Gasteiger partial charge in [0.05, 0.1) is 0 Å². The first kappa shape index (κ1) is 13.9. The highest BCUT2D eigenvalue weighted by Crippen LogP contribution is 2.17. The third-order valence-electron chi connectivity index (χ3n) is 2.37. The van der Waals surface area contributed by atoms with Crippen LogP contribution in [0, 0.1) is 6.92 Å². The average Bonchev–Trinajstić information content (AvgIpc) is 2.33. The molecule has 0 fully saturated rings. The summed E-state index contributed by atoms with van der Waals surface area (Å²) in [4.78, 5) is 8.35. The van der Waals surface area contributed by atoms with Gasteiger partial charge >= 0.3 is 0 Å². The van der Waals surface area contributed by atoms with Crippen LogP contribution in [0.5, 0.6) is 0 Å². The van der Waals surface area contributed by atoms with Crippen molar-refractivity contribution >= 4 is 22.4 Å². The van der Waals surface area contributed by atoms with Gasteiger partial charge in [0.1, 0.15) is 18.0 Å². The topological polar surface area (TPSA) is 66.9 Å². The van der Waals surface area contributed by atoms with Gasteiger partial charge in [-0.2, -0.15) is 0 Å². The Bertz CT molecular complexity index is 384. The van der Waals surface area contributed by atoms with Crippen molar-refractivity contribution in [2.45, 2.75) is 20.8 Å². The first-order chi connectivity index (χ1) is 8.19. The molecule has 0 aliphatic heterocycles. The minimum Gasteiger partial charge on any atom is -0.370 e. The molecule has 0 aliphatic carbocycles. The van der Waals surface area contributed by atoms with E-state index in [1.54, 1.807) is 0 Å². The van der Waals surface area contributed by atoms with Crippen LogP contribution in [0.15, 0.2) is 6.33 Å². The number of rotatable bonds is 7. The summed E-state index contributed by atoms with van der Waals surface area (Å²) in [5.74, 6) is 3.01. The number of anilines is 2. The third-order valence-corrected chi connectivity index (χ3v) is 3.68. The van der Waals surface area contributed by atoms with Gasteiger partial charge in [-0.3, -0.25) is 4.21 Å². The molecule has 2 N–H and O–H groups in total. The van der Waals surface area contributed by atoms with Crippen LogP contribution in [-0.4, -0.2) is 38.8 Å². The van der Waals surface area contributed by atoms with Gasteiger partial charge in [0.2, 0.25) is 0 Å². The van der Waals surface area contributed by atoms with Crippen LogP contribution in [-0.2, 0) is 10.8 Å². The highest BCUT2D eigenvalue weighted by atomic mass is 32.2. The van der Waals surface area contributed by atoms with Crippen molar-refractivity contribution in [3.8, 4) is 0 Å². The van der Waals surface area contributed by atoms with Crippen molar-refractivity contribution in [2.24, 2.45) is 0 Å². The van der Waals surface area contributed by atoms with Gasteiger partial charge in [-0.25, -0.2) is 9.97 Å². The van der Waals surface area contributed by atoms with E-state index in [0.717, 1.165) is 23.7 Å². The molecule has 0 bridgehead atoms. The van der Waals surface area contributed by atoms with Gasteiger partial charge in [-0.15, -0.1) is 0 Å². The first-order valence-electron chi connectivity index (χ1n) is 5.83. The van der Waals surface area contributed by atoms with E-state index in [1.165, 1.54) is 6.33 Å². The molecule has 5 nitrogen and oxygen atoms in total. The van der Waals surface area contributed by atoms with Crippen molar-refractivity contribution in [3.63, 3.8) is 0 Å². The van der Waals surface area contributed by atoms with Crippen molar-refractivity contribution < 1.29 is 4.21 Å². The molecule has 0 radical (unpaired) electrons. The Kier molecular flexibility index (Phi) is 5.90. The van der Waals surface area contributed by atoms with Gasteiger partial charge in [0, 0.05) is 41.0 Å². The Morgan fingerprint density at radius 3 is 2.47 bits per heavy atom. The van der Waals surface area contributed by atoms with Crippen molar-refractivity contribution in [1.82, 2.24) is 9.97 Å². The number of hydrogen-bond acceptors (Lipinski definition) is 5. The fraction of sp³-hybridized carbons (Fsp3) is 0.636. The standard InChI is InChI=1S/C11H20N4OS/c1-4-12-10-9(3)11(15-8-14-10)13-6-7-17(16)5-2/h8H,4-7H2,1-3H3,(H2,12,13,14,15). The fourth-order valence-corrected chi connectivity index (χ4v) is 2.02. The molecule has 17 heavy (non-hydrogen) atoms. The van der Waals surface area contributed by atoms with Gasteiger partial charge in [-0.1, -0.05) is 6.92 Å². The zero-order chi connectivity index (χ0) is 12.7. The number of aromatic nitrogens is 2. The van der Waals surface area contributed by atoms with E-state index in [-0.39, 0.29) is 0 Å². The summed E-state index contributed by atoms with van der Waals surface area (Å²) in [7, 11) is -0.738. The first-order valence-corrected chi connectivity index (χ1v) is 7.32. The lowest BCUT2D eigenvalue weighted by Crippen LogP contribution is -2.14. The van der Waals surface area contributed by atoms with Crippen LogP contribution >= 0.6 is 0 Å². The quantitative estimate of drug-likeness (QED) is 0.772. The van der Waals surface area contributed by atoms with Crippen molar-refractivity contribution in [3.05, 3.63) is 11.9 Å². The second kappa shape index (κ2) is 7.21. The summed E-state index contributed by atoms with van der Waals surface area (Å²) in [6.45, 7) is 7.42. The van der Waals surface area contributed by atoms with Crippen LogP contribution in [0.2, 0.25) is 0 Å². The van der Waals surface area contributed by atoms with E-state index in [2.05, 4.69) is 20.6 Å². The lowest BCUT2D eigenvalue weighted by molar-refractivity contribution is 0.684. The van der Waals surface area contributed by atoms with E-state index < -0.39 is 10.8 Å². The summed E-state index contributed by atoms with van der Waals surface area (Å²) in [6.07, 6.45) is 1.53. The van der Waals surface area contributed by atoms with Crippen molar-refractivity contribution in [1.29, 1.82) is 0 Å². The molecule has 1 unspecified atom stereocenters. The number of hydrogen-bond donors (Lipinski definition) is 2. The average molecular weight is 256 g/mol. The molecule has 0 amide bonds. The molecule has 1 aromatic rings. The Hall–Kier alpha value is -1.17. The molecule has 1 heterocycles. The molecule has 96 valence electrons.